The molecule has 3 unspecified atom stereocenters. The zero-order chi connectivity index (χ0) is 14.3. The standard InChI is InChI=1S/C16H24N2OS/c1-4-11-15(19)18(13-8-5-9-16(13,2)3)14(17-11)12-7-6-10-20-12/h6-7,10-11,13-14,17H,4-5,8-9H2,1-3H3. The van der Waals surface area contributed by atoms with Crippen molar-refractivity contribution in [3.05, 3.63) is 22.4 Å². The number of thiophene rings is 1. The van der Waals surface area contributed by atoms with Gasteiger partial charge in [-0.1, -0.05) is 33.3 Å². The van der Waals surface area contributed by atoms with Crippen LogP contribution in [0.25, 0.3) is 0 Å². The van der Waals surface area contributed by atoms with E-state index < -0.39 is 0 Å². The van der Waals surface area contributed by atoms with Crippen LogP contribution < -0.4 is 5.32 Å². The van der Waals surface area contributed by atoms with Gasteiger partial charge in [0.15, 0.2) is 0 Å². The lowest BCUT2D eigenvalue weighted by Crippen LogP contribution is -2.45. The molecule has 1 N–H and O–H groups in total. The number of amides is 1. The second-order valence-corrected chi connectivity index (χ2v) is 7.67. The van der Waals surface area contributed by atoms with Crippen molar-refractivity contribution >= 4 is 17.2 Å². The predicted octanol–water partition coefficient (Wildman–Crippen LogP) is 3.54. The molecule has 1 amide bonds. The van der Waals surface area contributed by atoms with Gasteiger partial charge >= 0.3 is 0 Å². The lowest BCUT2D eigenvalue weighted by atomic mass is 9.86. The van der Waals surface area contributed by atoms with Crippen molar-refractivity contribution in [2.24, 2.45) is 5.41 Å². The summed E-state index contributed by atoms with van der Waals surface area (Å²) in [6.45, 7) is 6.70. The Morgan fingerprint density at radius 3 is 2.85 bits per heavy atom. The van der Waals surface area contributed by atoms with Gasteiger partial charge in [0.2, 0.25) is 5.91 Å². The number of nitrogens with one attached hydrogen (secondary N) is 1. The highest BCUT2D eigenvalue weighted by molar-refractivity contribution is 7.10. The van der Waals surface area contributed by atoms with Crippen LogP contribution in [0, 0.1) is 5.41 Å². The van der Waals surface area contributed by atoms with E-state index in [0.717, 1.165) is 12.8 Å². The van der Waals surface area contributed by atoms with Gasteiger partial charge in [0.25, 0.3) is 0 Å². The Bertz CT molecular complexity index is 483. The van der Waals surface area contributed by atoms with Gasteiger partial charge < -0.3 is 4.90 Å². The minimum atomic E-state index is -0.0153. The van der Waals surface area contributed by atoms with Crippen LogP contribution in [0.15, 0.2) is 17.5 Å². The van der Waals surface area contributed by atoms with E-state index in [1.165, 1.54) is 17.7 Å². The molecule has 0 spiro atoms. The Labute approximate surface area is 125 Å². The third-order valence-electron chi connectivity index (χ3n) is 4.95. The highest BCUT2D eigenvalue weighted by Gasteiger charge is 2.48. The van der Waals surface area contributed by atoms with Crippen LogP contribution >= 0.6 is 11.3 Å². The Hall–Kier alpha value is -0.870. The third kappa shape index (κ3) is 2.19. The molecule has 20 heavy (non-hydrogen) atoms. The molecular formula is C16H24N2OS. The average Bonchev–Trinajstić information content (AvgIpc) is 3.08. The third-order valence-corrected chi connectivity index (χ3v) is 5.87. The van der Waals surface area contributed by atoms with Crippen molar-refractivity contribution in [2.45, 2.75) is 64.7 Å². The monoisotopic (exact) mass is 292 g/mol. The molecule has 1 aromatic heterocycles. The molecule has 2 aliphatic rings. The van der Waals surface area contributed by atoms with Crippen LogP contribution in [-0.4, -0.2) is 22.9 Å². The molecule has 0 bridgehead atoms. The van der Waals surface area contributed by atoms with Crippen LogP contribution in [0.4, 0.5) is 0 Å². The first-order valence-corrected chi connectivity index (χ1v) is 8.54. The average molecular weight is 292 g/mol. The molecule has 3 atom stereocenters. The van der Waals surface area contributed by atoms with Crippen molar-refractivity contribution < 1.29 is 4.79 Å². The van der Waals surface area contributed by atoms with Crippen LogP contribution in [0.3, 0.4) is 0 Å². The summed E-state index contributed by atoms with van der Waals surface area (Å²) in [4.78, 5) is 16.2. The molecule has 3 rings (SSSR count). The second-order valence-electron chi connectivity index (χ2n) is 6.69. The van der Waals surface area contributed by atoms with E-state index in [1.54, 1.807) is 11.3 Å². The number of rotatable bonds is 3. The quantitative estimate of drug-likeness (QED) is 0.924. The maximum Gasteiger partial charge on any atom is 0.241 e. The fourth-order valence-electron chi connectivity index (χ4n) is 3.77. The zero-order valence-electron chi connectivity index (χ0n) is 12.6. The molecule has 1 saturated heterocycles. The summed E-state index contributed by atoms with van der Waals surface area (Å²) >= 11 is 1.74. The highest BCUT2D eigenvalue weighted by atomic mass is 32.1. The molecule has 0 aromatic carbocycles. The molecule has 0 radical (unpaired) electrons. The molecule has 3 nitrogen and oxygen atoms in total. The maximum atomic E-state index is 12.8. The topological polar surface area (TPSA) is 32.3 Å². The number of nitrogens with zero attached hydrogens (tertiary/aromatic N) is 1. The van der Waals surface area contributed by atoms with E-state index in [4.69, 9.17) is 0 Å². The van der Waals surface area contributed by atoms with Crippen LogP contribution in [0.2, 0.25) is 0 Å². The summed E-state index contributed by atoms with van der Waals surface area (Å²) in [5.74, 6) is 0.297. The molecule has 4 heteroatoms. The molecular weight excluding hydrogens is 268 g/mol. The molecule has 1 saturated carbocycles. The van der Waals surface area contributed by atoms with Gasteiger partial charge in [-0.15, -0.1) is 11.3 Å². The smallest absolute Gasteiger partial charge is 0.241 e. The Kier molecular flexibility index (Phi) is 3.63. The minimum absolute atomic E-state index is 0.0153. The van der Waals surface area contributed by atoms with Gasteiger partial charge in [-0.3, -0.25) is 10.1 Å². The molecule has 110 valence electrons. The van der Waals surface area contributed by atoms with Gasteiger partial charge in [0.05, 0.1) is 6.04 Å². The summed E-state index contributed by atoms with van der Waals surface area (Å²) < 4.78 is 0. The van der Waals surface area contributed by atoms with Crippen LogP contribution in [-0.2, 0) is 4.79 Å². The van der Waals surface area contributed by atoms with E-state index in [1.807, 2.05) is 0 Å². The van der Waals surface area contributed by atoms with Crippen LogP contribution in [0.1, 0.15) is 57.5 Å². The van der Waals surface area contributed by atoms with Gasteiger partial charge in [-0.05, 0) is 36.1 Å². The molecule has 1 aliphatic heterocycles. The van der Waals surface area contributed by atoms with Gasteiger partial charge in [-0.25, -0.2) is 0 Å². The Balaban J connectivity index is 1.94. The SMILES string of the molecule is CCC1NC(c2cccs2)N(C2CCCC2(C)C)C1=O. The van der Waals surface area contributed by atoms with Crippen LogP contribution in [0.5, 0.6) is 0 Å². The molecule has 1 aromatic rings. The highest BCUT2D eigenvalue weighted by Crippen LogP contribution is 2.45. The summed E-state index contributed by atoms with van der Waals surface area (Å²) in [6.07, 6.45) is 4.53. The number of hydrogen-bond donors (Lipinski definition) is 1. The zero-order valence-corrected chi connectivity index (χ0v) is 13.4. The van der Waals surface area contributed by atoms with E-state index in [9.17, 15) is 4.79 Å². The molecule has 1 aliphatic carbocycles. The fourth-order valence-corrected chi connectivity index (χ4v) is 4.55. The summed E-state index contributed by atoms with van der Waals surface area (Å²) in [5, 5.41) is 5.64. The Morgan fingerprint density at radius 1 is 1.50 bits per heavy atom. The van der Waals surface area contributed by atoms with E-state index in [2.05, 4.69) is 48.5 Å². The first-order chi connectivity index (χ1) is 9.54. The van der Waals surface area contributed by atoms with Crippen molar-refractivity contribution in [1.82, 2.24) is 10.2 Å². The second kappa shape index (κ2) is 5.15. The number of hydrogen-bond acceptors (Lipinski definition) is 3. The summed E-state index contributed by atoms with van der Waals surface area (Å²) in [7, 11) is 0. The van der Waals surface area contributed by atoms with Gasteiger partial charge in [0, 0.05) is 10.9 Å². The van der Waals surface area contributed by atoms with E-state index in [-0.39, 0.29) is 17.6 Å². The predicted molar refractivity (Wildman–Crippen MR) is 82.5 cm³/mol. The normalized spacial score (nSPS) is 33.0. The van der Waals surface area contributed by atoms with E-state index in [0.29, 0.717) is 11.9 Å². The first kappa shape index (κ1) is 14.1. The number of carbonyl (C=O) groups is 1. The van der Waals surface area contributed by atoms with Gasteiger partial charge in [-0.2, -0.15) is 0 Å². The van der Waals surface area contributed by atoms with Crippen molar-refractivity contribution in [1.29, 1.82) is 0 Å². The summed E-state index contributed by atoms with van der Waals surface area (Å²) in [5.41, 5.74) is 0.232. The Morgan fingerprint density at radius 2 is 2.30 bits per heavy atom. The van der Waals surface area contributed by atoms with Crippen molar-refractivity contribution in [2.75, 3.05) is 0 Å². The first-order valence-electron chi connectivity index (χ1n) is 7.66. The lowest BCUT2D eigenvalue weighted by Gasteiger charge is -2.38. The van der Waals surface area contributed by atoms with Crippen molar-refractivity contribution in [3.8, 4) is 0 Å². The number of carbonyl (C=O) groups excluding carboxylic acids is 1. The van der Waals surface area contributed by atoms with Gasteiger partial charge in [0.1, 0.15) is 6.17 Å². The van der Waals surface area contributed by atoms with Crippen molar-refractivity contribution in [3.63, 3.8) is 0 Å². The lowest BCUT2D eigenvalue weighted by molar-refractivity contribution is -0.134. The largest absolute Gasteiger partial charge is 0.317 e. The molecule has 2 heterocycles. The minimum Gasteiger partial charge on any atom is -0.317 e. The fraction of sp³-hybridized carbons (Fsp3) is 0.688. The van der Waals surface area contributed by atoms with E-state index >= 15 is 0 Å². The maximum absolute atomic E-state index is 12.8. The molecule has 2 fully saturated rings. The summed E-state index contributed by atoms with van der Waals surface area (Å²) in [6, 6.07) is 4.57.